The molecule has 1 aromatic carbocycles. The Morgan fingerprint density at radius 2 is 1.78 bits per heavy atom. The zero-order valence-electron chi connectivity index (χ0n) is 14.5. The molecule has 0 radical (unpaired) electrons. The van der Waals surface area contributed by atoms with Gasteiger partial charge >= 0.3 is 0 Å². The van der Waals surface area contributed by atoms with Crippen LogP contribution in [0.2, 0.25) is 5.02 Å². The molecule has 0 saturated heterocycles. The molecule has 1 atom stereocenters. The van der Waals surface area contributed by atoms with Crippen LogP contribution in [0.4, 0.5) is 5.69 Å². The first kappa shape index (κ1) is 19.5. The molecule has 6 heteroatoms. The number of hydrogen-bond acceptors (Lipinski definition) is 2. The summed E-state index contributed by atoms with van der Waals surface area (Å²) in [6.07, 6.45) is 0. The largest absolute Gasteiger partial charge is 0.347 e. The second kappa shape index (κ2) is 8.31. The van der Waals surface area contributed by atoms with Gasteiger partial charge < -0.3 is 15.5 Å². The van der Waals surface area contributed by atoms with E-state index >= 15 is 0 Å². The lowest BCUT2D eigenvalue weighted by Gasteiger charge is -2.23. The molecule has 1 unspecified atom stereocenters. The zero-order chi connectivity index (χ0) is 17.6. The maximum Gasteiger partial charge on any atom is 0.279 e. The van der Waals surface area contributed by atoms with E-state index in [-0.39, 0.29) is 30.4 Å². The Morgan fingerprint density at radius 3 is 2.35 bits per heavy atom. The minimum atomic E-state index is -0.268. The highest BCUT2D eigenvalue weighted by molar-refractivity contribution is 6.31. The van der Waals surface area contributed by atoms with Gasteiger partial charge in [0, 0.05) is 16.2 Å². The molecule has 0 spiro atoms. The van der Waals surface area contributed by atoms with Gasteiger partial charge in [-0.3, -0.25) is 9.59 Å². The summed E-state index contributed by atoms with van der Waals surface area (Å²) >= 11 is 5.95. The lowest BCUT2D eigenvalue weighted by molar-refractivity contribution is -0.881. The Morgan fingerprint density at radius 1 is 1.17 bits per heavy atom. The monoisotopic (exact) mass is 340 g/mol. The van der Waals surface area contributed by atoms with Gasteiger partial charge in [0.1, 0.15) is 0 Å². The van der Waals surface area contributed by atoms with Crippen LogP contribution in [-0.2, 0) is 9.59 Å². The fourth-order valence-corrected chi connectivity index (χ4v) is 2.32. The van der Waals surface area contributed by atoms with Crippen LogP contribution >= 0.6 is 11.6 Å². The topological polar surface area (TPSA) is 62.6 Å². The average molecular weight is 341 g/mol. The van der Waals surface area contributed by atoms with Crippen molar-refractivity contribution in [3.8, 4) is 0 Å². The number of hydrogen-bond donors (Lipinski definition) is 3. The van der Waals surface area contributed by atoms with Gasteiger partial charge in [0.15, 0.2) is 13.1 Å². The highest BCUT2D eigenvalue weighted by atomic mass is 35.5. The number of anilines is 1. The van der Waals surface area contributed by atoms with E-state index in [2.05, 4.69) is 10.6 Å². The van der Waals surface area contributed by atoms with Gasteiger partial charge in [-0.2, -0.15) is 0 Å². The van der Waals surface area contributed by atoms with E-state index < -0.39 is 0 Å². The normalized spacial score (nSPS) is 12.6. The SMILES string of the molecule is CC[NH+](CC(=O)Nc1cc(Cl)ccc1C)CC(=O)NC(C)(C)C. The van der Waals surface area contributed by atoms with Gasteiger partial charge in [0.05, 0.1) is 6.54 Å². The Hall–Kier alpha value is -1.59. The highest BCUT2D eigenvalue weighted by Crippen LogP contribution is 2.19. The van der Waals surface area contributed by atoms with E-state index in [1.807, 2.05) is 40.7 Å². The molecule has 0 aromatic heterocycles. The number of nitrogens with one attached hydrogen (secondary N) is 3. The highest BCUT2D eigenvalue weighted by Gasteiger charge is 2.20. The molecule has 1 aromatic rings. The molecule has 0 saturated carbocycles. The predicted octanol–water partition coefficient (Wildman–Crippen LogP) is 1.41. The number of quaternary nitrogens is 1. The maximum absolute atomic E-state index is 12.2. The van der Waals surface area contributed by atoms with Crippen LogP contribution in [0.1, 0.15) is 33.3 Å². The lowest BCUT2D eigenvalue weighted by atomic mass is 10.1. The van der Waals surface area contributed by atoms with Crippen molar-refractivity contribution < 1.29 is 14.5 Å². The number of aryl methyl sites for hydroxylation is 1. The van der Waals surface area contributed by atoms with Crippen molar-refractivity contribution in [1.29, 1.82) is 0 Å². The number of rotatable bonds is 6. The lowest BCUT2D eigenvalue weighted by Crippen LogP contribution is -3.14. The number of carbonyl (C=O) groups excluding carboxylic acids is 2. The summed E-state index contributed by atoms with van der Waals surface area (Å²) in [6.45, 7) is 10.9. The Bertz CT molecular complexity index is 567. The zero-order valence-corrected chi connectivity index (χ0v) is 15.3. The van der Waals surface area contributed by atoms with E-state index in [0.717, 1.165) is 10.5 Å². The van der Waals surface area contributed by atoms with E-state index in [4.69, 9.17) is 11.6 Å². The van der Waals surface area contributed by atoms with Crippen molar-refractivity contribution in [3.05, 3.63) is 28.8 Å². The number of likely N-dealkylation sites (N-methyl/N-ethyl adjacent to an activating group) is 1. The summed E-state index contributed by atoms with van der Waals surface area (Å²) in [5.41, 5.74) is 1.39. The third-order valence-corrected chi connectivity index (χ3v) is 3.54. The molecule has 0 bridgehead atoms. The van der Waals surface area contributed by atoms with Crippen LogP contribution in [0.3, 0.4) is 0 Å². The van der Waals surface area contributed by atoms with Gasteiger partial charge in [-0.05, 0) is 52.3 Å². The number of halogens is 1. The molecule has 0 fully saturated rings. The molecule has 128 valence electrons. The van der Waals surface area contributed by atoms with E-state index in [9.17, 15) is 9.59 Å². The Balaban J connectivity index is 2.59. The summed E-state index contributed by atoms with van der Waals surface area (Å²) < 4.78 is 0. The van der Waals surface area contributed by atoms with Gasteiger partial charge in [-0.15, -0.1) is 0 Å². The van der Waals surface area contributed by atoms with Crippen molar-refractivity contribution in [2.24, 2.45) is 0 Å². The predicted molar refractivity (Wildman–Crippen MR) is 94.0 cm³/mol. The Kier molecular flexibility index (Phi) is 7.03. The van der Waals surface area contributed by atoms with E-state index in [0.29, 0.717) is 17.3 Å². The van der Waals surface area contributed by atoms with Crippen molar-refractivity contribution >= 4 is 29.1 Å². The standard InChI is InChI=1S/C17H26ClN3O2/c1-6-21(11-16(23)20-17(3,4)5)10-15(22)19-14-9-13(18)8-7-12(14)2/h7-9H,6,10-11H2,1-5H3,(H,19,22)(H,20,23)/p+1. The fraction of sp³-hybridized carbons (Fsp3) is 0.529. The number of benzene rings is 1. The van der Waals surface area contributed by atoms with Gasteiger partial charge in [-0.1, -0.05) is 17.7 Å². The second-order valence-electron chi connectivity index (χ2n) is 6.76. The molecular formula is C17H27ClN3O2+. The molecular weight excluding hydrogens is 314 g/mol. The average Bonchev–Trinajstić information content (AvgIpc) is 2.40. The van der Waals surface area contributed by atoms with Gasteiger partial charge in [0.25, 0.3) is 11.8 Å². The third-order valence-electron chi connectivity index (χ3n) is 3.31. The van der Waals surface area contributed by atoms with Crippen molar-refractivity contribution in [1.82, 2.24) is 5.32 Å². The van der Waals surface area contributed by atoms with Crippen LogP contribution in [0.5, 0.6) is 0 Å². The second-order valence-corrected chi connectivity index (χ2v) is 7.20. The van der Waals surface area contributed by atoms with Crippen molar-refractivity contribution in [3.63, 3.8) is 0 Å². The van der Waals surface area contributed by atoms with Crippen molar-refractivity contribution in [2.75, 3.05) is 25.0 Å². The molecule has 0 aliphatic rings. The summed E-state index contributed by atoms with van der Waals surface area (Å²) in [4.78, 5) is 25.1. The Labute approximate surface area is 143 Å². The third kappa shape index (κ3) is 7.48. The molecule has 3 N–H and O–H groups in total. The summed E-state index contributed by atoms with van der Waals surface area (Å²) in [5, 5.41) is 6.35. The van der Waals surface area contributed by atoms with Crippen molar-refractivity contribution in [2.45, 2.75) is 40.2 Å². The van der Waals surface area contributed by atoms with Crippen LogP contribution in [-0.4, -0.2) is 37.0 Å². The summed E-state index contributed by atoms with van der Waals surface area (Å²) in [7, 11) is 0. The summed E-state index contributed by atoms with van der Waals surface area (Å²) in [6, 6.07) is 5.37. The first-order chi connectivity index (χ1) is 10.6. The van der Waals surface area contributed by atoms with E-state index in [1.54, 1.807) is 12.1 Å². The first-order valence-electron chi connectivity index (χ1n) is 7.81. The maximum atomic E-state index is 12.2. The molecule has 0 heterocycles. The fourth-order valence-electron chi connectivity index (χ4n) is 2.15. The number of carbonyl (C=O) groups is 2. The molecule has 0 aliphatic heterocycles. The smallest absolute Gasteiger partial charge is 0.279 e. The summed E-state index contributed by atoms with van der Waals surface area (Å²) in [5.74, 6) is -0.183. The minimum absolute atomic E-state index is 0.0545. The van der Waals surface area contributed by atoms with Crippen LogP contribution in [0, 0.1) is 6.92 Å². The quantitative estimate of drug-likeness (QED) is 0.733. The molecule has 23 heavy (non-hydrogen) atoms. The molecule has 1 rings (SSSR count). The molecule has 2 amide bonds. The van der Waals surface area contributed by atoms with Crippen LogP contribution in [0.25, 0.3) is 0 Å². The van der Waals surface area contributed by atoms with E-state index in [1.165, 1.54) is 0 Å². The van der Waals surface area contributed by atoms with Gasteiger partial charge in [0.2, 0.25) is 0 Å². The molecule has 5 nitrogen and oxygen atoms in total. The number of amides is 2. The van der Waals surface area contributed by atoms with Crippen LogP contribution < -0.4 is 15.5 Å². The van der Waals surface area contributed by atoms with Crippen LogP contribution in [0.15, 0.2) is 18.2 Å². The minimum Gasteiger partial charge on any atom is -0.347 e. The first-order valence-corrected chi connectivity index (χ1v) is 8.19. The molecule has 0 aliphatic carbocycles. The van der Waals surface area contributed by atoms with Gasteiger partial charge in [-0.25, -0.2) is 0 Å².